The molecule has 0 heterocycles. The normalized spacial score (nSPS) is 10.6. The summed E-state index contributed by atoms with van der Waals surface area (Å²) in [5, 5.41) is 6.42. The van der Waals surface area contributed by atoms with Gasteiger partial charge >= 0.3 is 5.97 Å². The van der Waals surface area contributed by atoms with Crippen LogP contribution in [0.4, 0.5) is 0 Å². The molecule has 0 aliphatic rings. The van der Waals surface area contributed by atoms with Crippen molar-refractivity contribution in [2.45, 2.75) is 0 Å². The van der Waals surface area contributed by atoms with Gasteiger partial charge < -0.3 is 10.1 Å². The summed E-state index contributed by atoms with van der Waals surface area (Å²) < 4.78 is 7.00. The van der Waals surface area contributed by atoms with Gasteiger partial charge in [-0.3, -0.25) is 9.59 Å². The number of carbonyl (C=O) groups is 3. The number of carbonyl (C=O) groups excluding carboxylic acids is 3. The van der Waals surface area contributed by atoms with Crippen molar-refractivity contribution in [2.75, 3.05) is 6.54 Å². The van der Waals surface area contributed by atoms with Crippen molar-refractivity contribution in [1.82, 2.24) is 10.7 Å². The molecule has 0 aliphatic carbocycles. The lowest BCUT2D eigenvalue weighted by Gasteiger charge is -2.06. The minimum absolute atomic E-state index is 0.202. The van der Waals surface area contributed by atoms with Crippen molar-refractivity contribution in [2.24, 2.45) is 5.10 Å². The van der Waals surface area contributed by atoms with E-state index in [1.54, 1.807) is 60.7 Å². The first-order valence-electron chi connectivity index (χ1n) is 9.35. The van der Waals surface area contributed by atoms with Crippen molar-refractivity contribution < 1.29 is 19.1 Å². The van der Waals surface area contributed by atoms with E-state index in [1.807, 2.05) is 12.1 Å². The van der Waals surface area contributed by atoms with Crippen molar-refractivity contribution in [3.05, 3.63) is 97.5 Å². The lowest BCUT2D eigenvalue weighted by atomic mass is 10.2. The van der Waals surface area contributed by atoms with Crippen molar-refractivity contribution in [1.29, 1.82) is 0 Å². The van der Waals surface area contributed by atoms with Gasteiger partial charge in [0.15, 0.2) is 0 Å². The number of esters is 1. The van der Waals surface area contributed by atoms with Crippen LogP contribution in [0.15, 0.2) is 82.4 Å². The maximum atomic E-state index is 12.1. The predicted molar refractivity (Wildman–Crippen MR) is 133 cm³/mol. The molecule has 3 rings (SSSR count). The number of hydrogen-bond acceptors (Lipinski definition) is 5. The van der Waals surface area contributed by atoms with Gasteiger partial charge in [-0.1, -0.05) is 28.1 Å². The summed E-state index contributed by atoms with van der Waals surface area (Å²) >= 11 is 5.38. The maximum absolute atomic E-state index is 12.1. The van der Waals surface area contributed by atoms with E-state index >= 15 is 0 Å². The SMILES string of the molecule is O=C(CNC(=O)c1ccccc1I)N/N=C/c1ccc(OC(=O)c2ccc(Br)cc2)cc1. The smallest absolute Gasteiger partial charge is 0.343 e. The second-order valence-electron chi connectivity index (χ2n) is 6.42. The van der Waals surface area contributed by atoms with E-state index < -0.39 is 11.9 Å². The monoisotopic (exact) mass is 605 g/mol. The van der Waals surface area contributed by atoms with Crippen LogP contribution in [-0.2, 0) is 4.79 Å². The summed E-state index contributed by atoms with van der Waals surface area (Å²) in [5.74, 6) is -0.862. The van der Waals surface area contributed by atoms with Gasteiger partial charge in [-0.2, -0.15) is 5.10 Å². The Morgan fingerprint density at radius 2 is 1.66 bits per heavy atom. The number of halogens is 2. The standard InChI is InChI=1S/C23H17BrIN3O4/c24-17-9-7-16(8-10-17)23(31)32-18-11-5-15(6-12-18)13-27-28-21(29)14-26-22(30)19-3-1-2-4-20(19)25/h1-13H,14H2,(H,26,30)(H,28,29)/b27-13+. The summed E-state index contributed by atoms with van der Waals surface area (Å²) in [4.78, 5) is 36.1. The summed E-state index contributed by atoms with van der Waals surface area (Å²) in [6.45, 7) is -0.202. The molecule has 0 atom stereocenters. The van der Waals surface area contributed by atoms with Gasteiger partial charge in [-0.15, -0.1) is 0 Å². The van der Waals surface area contributed by atoms with Gasteiger partial charge in [0.05, 0.1) is 23.9 Å². The molecule has 0 aliphatic heterocycles. The fourth-order valence-corrected chi connectivity index (χ4v) is 3.39. The molecule has 32 heavy (non-hydrogen) atoms. The lowest BCUT2D eigenvalue weighted by molar-refractivity contribution is -0.120. The molecule has 9 heteroatoms. The fraction of sp³-hybridized carbons (Fsp3) is 0.0435. The topological polar surface area (TPSA) is 96.9 Å². The van der Waals surface area contributed by atoms with Crippen LogP contribution in [0.2, 0.25) is 0 Å². The average molecular weight is 606 g/mol. The third kappa shape index (κ3) is 6.99. The Bertz CT molecular complexity index is 1150. The number of nitrogens with one attached hydrogen (secondary N) is 2. The molecule has 2 N–H and O–H groups in total. The highest BCUT2D eigenvalue weighted by Crippen LogP contribution is 2.16. The van der Waals surface area contributed by atoms with Gasteiger partial charge in [0.2, 0.25) is 0 Å². The Labute approximate surface area is 206 Å². The van der Waals surface area contributed by atoms with Crippen molar-refractivity contribution in [3.8, 4) is 5.75 Å². The largest absolute Gasteiger partial charge is 0.423 e. The highest BCUT2D eigenvalue weighted by molar-refractivity contribution is 14.1. The molecule has 0 saturated heterocycles. The first kappa shape index (κ1) is 23.6. The highest BCUT2D eigenvalue weighted by Gasteiger charge is 2.10. The molecule has 2 amide bonds. The number of ether oxygens (including phenoxy) is 1. The lowest BCUT2D eigenvalue weighted by Crippen LogP contribution is -2.35. The Hall–Kier alpha value is -3.05. The van der Waals surface area contributed by atoms with Crippen molar-refractivity contribution in [3.63, 3.8) is 0 Å². The zero-order chi connectivity index (χ0) is 22.9. The molecule has 0 aromatic heterocycles. The van der Waals surface area contributed by atoms with Crippen LogP contribution in [0.3, 0.4) is 0 Å². The van der Waals surface area contributed by atoms with Crippen LogP contribution >= 0.6 is 38.5 Å². The number of hydrazone groups is 1. The molecular formula is C23H17BrIN3O4. The van der Waals surface area contributed by atoms with E-state index in [0.29, 0.717) is 22.4 Å². The van der Waals surface area contributed by atoms with E-state index in [4.69, 9.17) is 4.74 Å². The molecular weight excluding hydrogens is 589 g/mol. The number of amides is 2. The summed E-state index contributed by atoms with van der Waals surface area (Å²) in [7, 11) is 0. The van der Waals surface area contributed by atoms with E-state index in [0.717, 1.165) is 8.04 Å². The number of benzene rings is 3. The number of nitrogens with zero attached hydrogens (tertiary/aromatic N) is 1. The molecule has 0 radical (unpaired) electrons. The molecule has 0 bridgehead atoms. The Kier molecular flexibility index (Phi) is 8.51. The van der Waals surface area contributed by atoms with Gasteiger partial charge in [0, 0.05) is 8.04 Å². The van der Waals surface area contributed by atoms with E-state index in [-0.39, 0.29) is 12.5 Å². The second kappa shape index (κ2) is 11.5. The molecule has 0 saturated carbocycles. The Balaban J connectivity index is 1.45. The van der Waals surface area contributed by atoms with E-state index in [1.165, 1.54) is 6.21 Å². The van der Waals surface area contributed by atoms with Crippen LogP contribution in [0, 0.1) is 3.57 Å². The summed E-state index contributed by atoms with van der Waals surface area (Å²) in [6, 6.07) is 20.6. The highest BCUT2D eigenvalue weighted by atomic mass is 127. The molecule has 0 unspecified atom stereocenters. The Morgan fingerprint density at radius 3 is 2.34 bits per heavy atom. The predicted octanol–water partition coefficient (Wildman–Crippen LogP) is 4.15. The molecule has 3 aromatic rings. The van der Waals surface area contributed by atoms with Gasteiger partial charge in [-0.05, 0) is 88.8 Å². The molecule has 162 valence electrons. The van der Waals surface area contributed by atoms with Crippen LogP contribution in [0.1, 0.15) is 26.3 Å². The van der Waals surface area contributed by atoms with Gasteiger partial charge in [-0.25, -0.2) is 10.2 Å². The zero-order valence-corrected chi connectivity index (χ0v) is 20.3. The van der Waals surface area contributed by atoms with E-state index in [2.05, 4.69) is 54.4 Å². The first-order valence-corrected chi connectivity index (χ1v) is 11.2. The van der Waals surface area contributed by atoms with Gasteiger partial charge in [0.25, 0.3) is 11.8 Å². The second-order valence-corrected chi connectivity index (χ2v) is 8.50. The van der Waals surface area contributed by atoms with E-state index in [9.17, 15) is 14.4 Å². The minimum Gasteiger partial charge on any atom is -0.423 e. The van der Waals surface area contributed by atoms with Crippen LogP contribution in [0.5, 0.6) is 5.75 Å². The molecule has 0 fully saturated rings. The third-order valence-electron chi connectivity index (χ3n) is 4.10. The fourth-order valence-electron chi connectivity index (χ4n) is 2.49. The molecule has 0 spiro atoms. The Morgan fingerprint density at radius 1 is 0.969 bits per heavy atom. The molecule has 3 aromatic carbocycles. The average Bonchev–Trinajstić information content (AvgIpc) is 2.79. The third-order valence-corrected chi connectivity index (χ3v) is 5.57. The maximum Gasteiger partial charge on any atom is 0.343 e. The molecule has 7 nitrogen and oxygen atoms in total. The summed E-state index contributed by atoms with van der Waals surface area (Å²) in [5.41, 5.74) is 3.99. The summed E-state index contributed by atoms with van der Waals surface area (Å²) in [6.07, 6.45) is 1.44. The zero-order valence-electron chi connectivity index (χ0n) is 16.5. The van der Waals surface area contributed by atoms with Crippen LogP contribution in [-0.4, -0.2) is 30.5 Å². The van der Waals surface area contributed by atoms with Crippen LogP contribution < -0.4 is 15.5 Å². The number of rotatable bonds is 7. The number of hydrogen-bond donors (Lipinski definition) is 2. The van der Waals surface area contributed by atoms with Crippen molar-refractivity contribution >= 4 is 62.5 Å². The quantitative estimate of drug-likeness (QED) is 0.139. The minimum atomic E-state index is -0.460. The van der Waals surface area contributed by atoms with Gasteiger partial charge in [0.1, 0.15) is 5.75 Å². The first-order chi connectivity index (χ1) is 15.4. The van der Waals surface area contributed by atoms with Crippen LogP contribution in [0.25, 0.3) is 0 Å².